The van der Waals surface area contributed by atoms with Crippen molar-refractivity contribution in [2.24, 2.45) is 0 Å². The highest BCUT2D eigenvalue weighted by atomic mass is 35.5. The zero-order valence-corrected chi connectivity index (χ0v) is 9.29. The molecule has 84 valence electrons. The van der Waals surface area contributed by atoms with Crippen molar-refractivity contribution in [3.05, 3.63) is 29.1 Å². The normalized spacial score (nSPS) is 14.6. The van der Waals surface area contributed by atoms with Crippen LogP contribution in [0.25, 0.3) is 6.08 Å². The molecular weight excluding hydrogens is 228 g/mol. The van der Waals surface area contributed by atoms with Crippen LogP contribution in [0.1, 0.15) is 28.9 Å². The van der Waals surface area contributed by atoms with E-state index in [-0.39, 0.29) is 10.8 Å². The second kappa shape index (κ2) is 4.14. The molecule has 2 rings (SSSR count). The number of halogens is 1. The fourth-order valence-corrected chi connectivity index (χ4v) is 1.65. The lowest BCUT2D eigenvalue weighted by molar-refractivity contribution is 0.0690. The number of aromatic nitrogens is 1. The van der Waals surface area contributed by atoms with Gasteiger partial charge in [0.1, 0.15) is 5.15 Å². The topological polar surface area (TPSA) is 62.2 Å². The van der Waals surface area contributed by atoms with Crippen LogP contribution in [0.2, 0.25) is 5.15 Å². The molecule has 0 radical (unpaired) electrons. The number of anilines is 1. The number of aromatic carboxylic acids is 1. The molecule has 1 saturated carbocycles. The summed E-state index contributed by atoms with van der Waals surface area (Å²) in [7, 11) is 0. The number of hydrogen-bond acceptors (Lipinski definition) is 3. The summed E-state index contributed by atoms with van der Waals surface area (Å²) in [6, 6.07) is 2.04. The Kier molecular flexibility index (Phi) is 2.83. The second-order valence-electron chi connectivity index (χ2n) is 3.68. The molecule has 2 N–H and O–H groups in total. The summed E-state index contributed by atoms with van der Waals surface area (Å²) >= 11 is 5.78. The van der Waals surface area contributed by atoms with Gasteiger partial charge >= 0.3 is 5.97 Å². The van der Waals surface area contributed by atoms with Gasteiger partial charge in [-0.1, -0.05) is 24.3 Å². The molecule has 0 spiro atoms. The standard InChI is InChI=1S/C11H11ClN2O2/c1-2-7-8(13-6-3-4-6)5-9(12)14-10(7)11(15)16/h2,5-6H,1,3-4H2,(H,13,14)(H,15,16). The summed E-state index contributed by atoms with van der Waals surface area (Å²) in [5, 5.41) is 12.4. The van der Waals surface area contributed by atoms with Crippen molar-refractivity contribution < 1.29 is 9.90 Å². The second-order valence-corrected chi connectivity index (χ2v) is 4.07. The van der Waals surface area contributed by atoms with Crippen molar-refractivity contribution in [1.82, 2.24) is 4.98 Å². The van der Waals surface area contributed by atoms with E-state index in [0.717, 1.165) is 12.8 Å². The first kappa shape index (κ1) is 11.0. The van der Waals surface area contributed by atoms with Crippen molar-refractivity contribution in [1.29, 1.82) is 0 Å². The van der Waals surface area contributed by atoms with E-state index in [4.69, 9.17) is 16.7 Å². The third kappa shape index (κ3) is 2.17. The minimum Gasteiger partial charge on any atom is -0.476 e. The zero-order valence-electron chi connectivity index (χ0n) is 8.53. The van der Waals surface area contributed by atoms with Crippen molar-refractivity contribution in [3.8, 4) is 0 Å². The number of rotatable bonds is 4. The van der Waals surface area contributed by atoms with Gasteiger partial charge in [-0.15, -0.1) is 0 Å². The minimum atomic E-state index is -1.10. The molecule has 1 heterocycles. The largest absolute Gasteiger partial charge is 0.476 e. The molecule has 0 aliphatic heterocycles. The number of nitrogens with zero attached hydrogens (tertiary/aromatic N) is 1. The summed E-state index contributed by atoms with van der Waals surface area (Å²) in [6.45, 7) is 3.61. The average molecular weight is 239 g/mol. The minimum absolute atomic E-state index is 0.0642. The predicted molar refractivity (Wildman–Crippen MR) is 62.9 cm³/mol. The van der Waals surface area contributed by atoms with Crippen molar-refractivity contribution in [2.45, 2.75) is 18.9 Å². The number of pyridine rings is 1. The summed E-state index contributed by atoms with van der Waals surface area (Å²) in [5.41, 5.74) is 1.12. The molecule has 1 aromatic heterocycles. The molecular formula is C11H11ClN2O2. The molecule has 1 aliphatic rings. The summed E-state index contributed by atoms with van der Waals surface area (Å²) in [6.07, 6.45) is 3.68. The maximum atomic E-state index is 11.0. The van der Waals surface area contributed by atoms with Crippen LogP contribution >= 0.6 is 11.6 Å². The van der Waals surface area contributed by atoms with E-state index in [0.29, 0.717) is 17.3 Å². The Labute approximate surface area is 98.0 Å². The van der Waals surface area contributed by atoms with Gasteiger partial charge in [-0.3, -0.25) is 0 Å². The summed E-state index contributed by atoms with van der Waals surface area (Å²) in [4.78, 5) is 14.8. The zero-order chi connectivity index (χ0) is 11.7. The first-order valence-corrected chi connectivity index (χ1v) is 5.32. The van der Waals surface area contributed by atoms with E-state index in [1.165, 1.54) is 6.08 Å². The van der Waals surface area contributed by atoms with Gasteiger partial charge in [0.05, 0.1) is 0 Å². The SMILES string of the molecule is C=Cc1c(NC2CC2)cc(Cl)nc1C(=O)O. The summed E-state index contributed by atoms with van der Waals surface area (Å²) < 4.78 is 0. The van der Waals surface area contributed by atoms with Gasteiger partial charge in [0, 0.05) is 17.3 Å². The highest BCUT2D eigenvalue weighted by Crippen LogP contribution is 2.30. The van der Waals surface area contributed by atoms with Crippen LogP contribution in [0.5, 0.6) is 0 Å². The van der Waals surface area contributed by atoms with E-state index in [1.807, 2.05) is 0 Å². The highest BCUT2D eigenvalue weighted by molar-refractivity contribution is 6.30. The van der Waals surface area contributed by atoms with E-state index >= 15 is 0 Å². The number of nitrogens with one attached hydrogen (secondary N) is 1. The number of carboxylic acids is 1. The monoisotopic (exact) mass is 238 g/mol. The van der Waals surface area contributed by atoms with Crippen LogP contribution in [0.3, 0.4) is 0 Å². The van der Waals surface area contributed by atoms with Crippen LogP contribution in [0, 0.1) is 0 Å². The Morgan fingerprint density at radius 1 is 1.69 bits per heavy atom. The Hall–Kier alpha value is -1.55. The van der Waals surface area contributed by atoms with Crippen molar-refractivity contribution in [2.75, 3.05) is 5.32 Å². The molecule has 0 unspecified atom stereocenters. The molecule has 4 nitrogen and oxygen atoms in total. The van der Waals surface area contributed by atoms with Crippen LogP contribution in [-0.4, -0.2) is 22.1 Å². The smallest absolute Gasteiger partial charge is 0.355 e. The molecule has 0 atom stereocenters. The van der Waals surface area contributed by atoms with Gasteiger partial charge in [0.2, 0.25) is 0 Å². The Morgan fingerprint density at radius 3 is 2.88 bits per heavy atom. The fourth-order valence-electron chi connectivity index (χ4n) is 1.46. The third-order valence-corrected chi connectivity index (χ3v) is 2.56. The maximum Gasteiger partial charge on any atom is 0.355 e. The van der Waals surface area contributed by atoms with Crippen LogP contribution < -0.4 is 5.32 Å². The molecule has 0 amide bonds. The summed E-state index contributed by atoms with van der Waals surface area (Å²) in [5.74, 6) is -1.10. The molecule has 1 aromatic rings. The average Bonchev–Trinajstić information content (AvgIpc) is 3.00. The highest BCUT2D eigenvalue weighted by Gasteiger charge is 2.23. The first-order valence-electron chi connectivity index (χ1n) is 4.94. The number of carbonyl (C=O) groups is 1. The van der Waals surface area contributed by atoms with E-state index in [2.05, 4.69) is 16.9 Å². The molecule has 0 saturated heterocycles. The fraction of sp³-hybridized carbons (Fsp3) is 0.273. The first-order chi connectivity index (χ1) is 7.61. The van der Waals surface area contributed by atoms with E-state index in [9.17, 15) is 4.79 Å². The van der Waals surface area contributed by atoms with Gasteiger partial charge in [-0.2, -0.15) is 0 Å². The van der Waals surface area contributed by atoms with E-state index in [1.54, 1.807) is 6.07 Å². The van der Waals surface area contributed by atoms with Crippen LogP contribution in [-0.2, 0) is 0 Å². The van der Waals surface area contributed by atoms with Gasteiger partial charge in [0.15, 0.2) is 5.69 Å². The lowest BCUT2D eigenvalue weighted by Crippen LogP contribution is -2.09. The Bertz CT molecular complexity index is 456. The van der Waals surface area contributed by atoms with Gasteiger partial charge in [-0.05, 0) is 18.9 Å². The molecule has 0 bridgehead atoms. The Morgan fingerprint density at radius 2 is 2.38 bits per heavy atom. The third-order valence-electron chi connectivity index (χ3n) is 2.37. The maximum absolute atomic E-state index is 11.0. The molecule has 5 heteroatoms. The van der Waals surface area contributed by atoms with Crippen molar-refractivity contribution in [3.63, 3.8) is 0 Å². The van der Waals surface area contributed by atoms with Gasteiger partial charge in [-0.25, -0.2) is 9.78 Å². The quantitative estimate of drug-likeness (QED) is 0.792. The lowest BCUT2D eigenvalue weighted by Gasteiger charge is -2.11. The van der Waals surface area contributed by atoms with Gasteiger partial charge < -0.3 is 10.4 Å². The molecule has 16 heavy (non-hydrogen) atoms. The van der Waals surface area contributed by atoms with Crippen LogP contribution in [0.15, 0.2) is 12.6 Å². The van der Waals surface area contributed by atoms with Crippen LogP contribution in [0.4, 0.5) is 5.69 Å². The predicted octanol–water partition coefficient (Wildman–Crippen LogP) is 2.65. The number of hydrogen-bond donors (Lipinski definition) is 2. The number of carboxylic acid groups (broad SMARTS) is 1. The van der Waals surface area contributed by atoms with Gasteiger partial charge in [0.25, 0.3) is 0 Å². The molecule has 1 fully saturated rings. The van der Waals surface area contributed by atoms with Crippen molar-refractivity contribution >= 4 is 29.3 Å². The Balaban J connectivity index is 2.47. The van der Waals surface area contributed by atoms with E-state index < -0.39 is 5.97 Å². The molecule has 0 aromatic carbocycles. The molecule has 1 aliphatic carbocycles. The lowest BCUT2D eigenvalue weighted by atomic mass is 10.1.